The van der Waals surface area contributed by atoms with Crippen LogP contribution in [0, 0.1) is 0 Å². The molecule has 11 heavy (non-hydrogen) atoms. The van der Waals surface area contributed by atoms with Gasteiger partial charge in [-0.1, -0.05) is 0 Å². The first kappa shape index (κ1) is 8.87. The number of hydrogen-bond donors (Lipinski definition) is 1. The standard InChI is InChI=1S/C7H14N2OS/c1-5-4-11-7(2,6(8)10)9(5)3/h5H,4H2,1-3H3,(H2,8,10). The van der Waals surface area contributed by atoms with E-state index in [1.165, 1.54) is 0 Å². The maximum Gasteiger partial charge on any atom is 0.248 e. The molecule has 0 aromatic carbocycles. The Kier molecular flexibility index (Phi) is 2.16. The predicted molar refractivity (Wildman–Crippen MR) is 47.3 cm³/mol. The highest BCUT2D eigenvalue weighted by molar-refractivity contribution is 8.01. The lowest BCUT2D eigenvalue weighted by Crippen LogP contribution is -2.49. The number of carbonyl (C=O) groups is 1. The van der Waals surface area contributed by atoms with Crippen LogP contribution < -0.4 is 5.73 Å². The first-order chi connectivity index (χ1) is 4.98. The number of amides is 1. The van der Waals surface area contributed by atoms with Gasteiger partial charge in [0.25, 0.3) is 0 Å². The molecule has 2 N–H and O–H groups in total. The number of hydrogen-bond acceptors (Lipinski definition) is 3. The third-order valence-corrected chi connectivity index (χ3v) is 4.10. The van der Waals surface area contributed by atoms with Gasteiger partial charge in [-0.15, -0.1) is 11.8 Å². The molecule has 2 atom stereocenters. The van der Waals surface area contributed by atoms with E-state index in [-0.39, 0.29) is 5.91 Å². The number of carbonyl (C=O) groups excluding carboxylic acids is 1. The highest BCUT2D eigenvalue weighted by Gasteiger charge is 2.43. The number of thioether (sulfide) groups is 1. The molecule has 4 heteroatoms. The smallest absolute Gasteiger partial charge is 0.248 e. The molecule has 1 amide bonds. The molecular weight excluding hydrogens is 160 g/mol. The van der Waals surface area contributed by atoms with E-state index < -0.39 is 4.87 Å². The molecule has 0 radical (unpaired) electrons. The fraction of sp³-hybridized carbons (Fsp3) is 0.857. The van der Waals surface area contributed by atoms with E-state index in [2.05, 4.69) is 6.92 Å². The molecule has 0 saturated carbocycles. The molecule has 0 spiro atoms. The van der Waals surface area contributed by atoms with Crippen LogP contribution in [0.25, 0.3) is 0 Å². The zero-order valence-corrected chi connectivity index (χ0v) is 7.94. The third kappa shape index (κ3) is 1.25. The van der Waals surface area contributed by atoms with Crippen molar-refractivity contribution in [3.63, 3.8) is 0 Å². The molecule has 0 aromatic heterocycles. The van der Waals surface area contributed by atoms with Crippen molar-refractivity contribution in [1.29, 1.82) is 0 Å². The first-order valence-corrected chi connectivity index (χ1v) is 4.64. The van der Waals surface area contributed by atoms with E-state index in [0.717, 1.165) is 5.75 Å². The summed E-state index contributed by atoms with van der Waals surface area (Å²) >= 11 is 1.62. The number of nitrogens with two attached hydrogens (primary N) is 1. The van der Waals surface area contributed by atoms with Crippen molar-refractivity contribution >= 4 is 17.7 Å². The van der Waals surface area contributed by atoms with Gasteiger partial charge in [0.2, 0.25) is 5.91 Å². The Morgan fingerprint density at radius 2 is 2.36 bits per heavy atom. The van der Waals surface area contributed by atoms with Crippen LogP contribution in [-0.2, 0) is 4.79 Å². The van der Waals surface area contributed by atoms with E-state index in [4.69, 9.17) is 5.73 Å². The molecule has 1 rings (SSSR count). The van der Waals surface area contributed by atoms with Crippen LogP contribution in [0.15, 0.2) is 0 Å². The summed E-state index contributed by atoms with van der Waals surface area (Å²) in [5.74, 6) is 0.741. The van der Waals surface area contributed by atoms with Gasteiger partial charge < -0.3 is 5.73 Å². The van der Waals surface area contributed by atoms with E-state index in [1.54, 1.807) is 11.8 Å². The fourth-order valence-electron chi connectivity index (χ4n) is 1.16. The van der Waals surface area contributed by atoms with Crippen LogP contribution >= 0.6 is 11.8 Å². The van der Waals surface area contributed by atoms with Gasteiger partial charge in [0.05, 0.1) is 0 Å². The second-order valence-electron chi connectivity index (χ2n) is 3.12. The van der Waals surface area contributed by atoms with E-state index in [1.807, 2.05) is 18.9 Å². The second kappa shape index (κ2) is 2.68. The minimum atomic E-state index is -0.487. The van der Waals surface area contributed by atoms with Crippen LogP contribution in [-0.4, -0.2) is 34.5 Å². The SMILES string of the molecule is CC1CSC(C)(C(N)=O)N1C. The summed E-state index contributed by atoms with van der Waals surface area (Å²) in [6.45, 7) is 3.98. The molecule has 1 saturated heterocycles. The molecule has 2 unspecified atom stereocenters. The van der Waals surface area contributed by atoms with Gasteiger partial charge in [0.1, 0.15) is 4.87 Å². The summed E-state index contributed by atoms with van der Waals surface area (Å²) in [7, 11) is 1.94. The third-order valence-electron chi connectivity index (χ3n) is 2.40. The Morgan fingerprint density at radius 1 is 1.82 bits per heavy atom. The first-order valence-electron chi connectivity index (χ1n) is 3.65. The molecule has 1 fully saturated rings. The molecule has 1 aliphatic rings. The highest BCUT2D eigenvalue weighted by atomic mass is 32.2. The fourth-order valence-corrected chi connectivity index (χ4v) is 2.48. The molecule has 64 valence electrons. The second-order valence-corrected chi connectivity index (χ2v) is 4.54. The van der Waals surface area contributed by atoms with Crippen LogP contribution in [0.2, 0.25) is 0 Å². The Hall–Kier alpha value is -0.220. The van der Waals surface area contributed by atoms with Crippen LogP contribution in [0.5, 0.6) is 0 Å². The summed E-state index contributed by atoms with van der Waals surface area (Å²) in [5, 5.41) is 0. The normalized spacial score (nSPS) is 39.4. The minimum absolute atomic E-state index is 0.241. The number of nitrogens with zero attached hydrogens (tertiary/aromatic N) is 1. The average molecular weight is 174 g/mol. The molecule has 0 bridgehead atoms. The van der Waals surface area contributed by atoms with Crippen molar-refractivity contribution in [2.24, 2.45) is 5.73 Å². The lowest BCUT2D eigenvalue weighted by molar-refractivity contribution is -0.123. The zero-order valence-electron chi connectivity index (χ0n) is 7.13. The molecular formula is C7H14N2OS. The summed E-state index contributed by atoms with van der Waals surface area (Å²) in [6.07, 6.45) is 0. The highest BCUT2D eigenvalue weighted by Crippen LogP contribution is 2.37. The quantitative estimate of drug-likeness (QED) is 0.620. The number of primary amides is 1. The van der Waals surface area contributed by atoms with E-state index in [9.17, 15) is 4.79 Å². The predicted octanol–water partition coefficient (Wildman–Crippen LogP) is 0.255. The Balaban J connectivity index is 2.81. The summed E-state index contributed by atoms with van der Waals surface area (Å²) < 4.78 is 0. The number of likely N-dealkylation sites (N-methyl/N-ethyl adjacent to an activating group) is 1. The Morgan fingerprint density at radius 3 is 2.55 bits per heavy atom. The van der Waals surface area contributed by atoms with Gasteiger partial charge in [-0.05, 0) is 20.9 Å². The summed E-state index contributed by atoms with van der Waals surface area (Å²) in [5.41, 5.74) is 5.28. The average Bonchev–Trinajstić information content (AvgIpc) is 2.18. The summed E-state index contributed by atoms with van der Waals surface area (Å²) in [6, 6.07) is 0.442. The molecule has 0 aromatic rings. The molecule has 0 aliphatic carbocycles. The largest absolute Gasteiger partial charge is 0.367 e. The lowest BCUT2D eigenvalue weighted by Gasteiger charge is -2.29. The van der Waals surface area contributed by atoms with Gasteiger partial charge in [0.15, 0.2) is 0 Å². The Bertz CT molecular complexity index is 185. The van der Waals surface area contributed by atoms with Crippen molar-refractivity contribution in [2.45, 2.75) is 24.8 Å². The van der Waals surface area contributed by atoms with Gasteiger partial charge in [-0.2, -0.15) is 0 Å². The molecule has 3 nitrogen and oxygen atoms in total. The van der Waals surface area contributed by atoms with Crippen molar-refractivity contribution in [1.82, 2.24) is 4.90 Å². The van der Waals surface area contributed by atoms with E-state index in [0.29, 0.717) is 6.04 Å². The molecule has 1 aliphatic heterocycles. The van der Waals surface area contributed by atoms with Crippen LogP contribution in [0.4, 0.5) is 0 Å². The van der Waals surface area contributed by atoms with Crippen molar-refractivity contribution in [2.75, 3.05) is 12.8 Å². The van der Waals surface area contributed by atoms with Gasteiger partial charge in [0, 0.05) is 11.8 Å². The molecule has 1 heterocycles. The number of rotatable bonds is 1. The van der Waals surface area contributed by atoms with Gasteiger partial charge >= 0.3 is 0 Å². The van der Waals surface area contributed by atoms with Crippen molar-refractivity contribution in [3.8, 4) is 0 Å². The maximum absolute atomic E-state index is 11.0. The maximum atomic E-state index is 11.0. The van der Waals surface area contributed by atoms with Gasteiger partial charge in [-0.3, -0.25) is 9.69 Å². The monoisotopic (exact) mass is 174 g/mol. The zero-order chi connectivity index (χ0) is 8.65. The van der Waals surface area contributed by atoms with Crippen molar-refractivity contribution in [3.05, 3.63) is 0 Å². The summed E-state index contributed by atoms with van der Waals surface area (Å²) in [4.78, 5) is 12.6. The Labute approximate surface area is 71.3 Å². The van der Waals surface area contributed by atoms with Gasteiger partial charge in [-0.25, -0.2) is 0 Å². The van der Waals surface area contributed by atoms with Crippen molar-refractivity contribution < 1.29 is 4.79 Å². The van der Waals surface area contributed by atoms with Crippen LogP contribution in [0.3, 0.4) is 0 Å². The lowest BCUT2D eigenvalue weighted by atomic mass is 10.2. The minimum Gasteiger partial charge on any atom is -0.367 e. The van der Waals surface area contributed by atoms with Crippen LogP contribution in [0.1, 0.15) is 13.8 Å². The topological polar surface area (TPSA) is 46.3 Å². The van der Waals surface area contributed by atoms with E-state index >= 15 is 0 Å².